The van der Waals surface area contributed by atoms with E-state index in [0.29, 0.717) is 0 Å². The maximum Gasteiger partial charge on any atom is 0.136 e. The van der Waals surface area contributed by atoms with Crippen molar-refractivity contribution in [1.29, 1.82) is 0 Å². The van der Waals surface area contributed by atoms with Crippen LogP contribution in [-0.4, -0.2) is 25.0 Å². The summed E-state index contributed by atoms with van der Waals surface area (Å²) < 4.78 is 7.08. The number of hydrogen-bond donors (Lipinski definition) is 1. The molecule has 2 aromatic rings. The summed E-state index contributed by atoms with van der Waals surface area (Å²) in [5, 5.41) is 3.48. The van der Waals surface area contributed by atoms with Gasteiger partial charge >= 0.3 is 0 Å². The van der Waals surface area contributed by atoms with Gasteiger partial charge in [0.15, 0.2) is 0 Å². The Kier molecular flexibility index (Phi) is 3.73. The second-order valence-corrected chi connectivity index (χ2v) is 5.82. The van der Waals surface area contributed by atoms with Crippen molar-refractivity contribution < 1.29 is 4.42 Å². The molecule has 1 fully saturated rings. The van der Waals surface area contributed by atoms with E-state index in [9.17, 15) is 0 Å². The van der Waals surface area contributed by atoms with Gasteiger partial charge in [-0.2, -0.15) is 0 Å². The number of nitrogens with one attached hydrogen (secondary N) is 1. The lowest BCUT2D eigenvalue weighted by atomic mass is 10.2. The number of furan rings is 1. The van der Waals surface area contributed by atoms with E-state index < -0.39 is 0 Å². The molecule has 19 heavy (non-hydrogen) atoms. The van der Waals surface area contributed by atoms with Gasteiger partial charge in [-0.05, 0) is 44.3 Å². The van der Waals surface area contributed by atoms with Gasteiger partial charge < -0.3 is 4.42 Å². The molecule has 0 saturated carbocycles. The Balaban J connectivity index is 1.84. The first-order chi connectivity index (χ1) is 9.24. The number of benzene rings is 1. The first-order valence-electron chi connectivity index (χ1n) is 6.53. The van der Waals surface area contributed by atoms with Gasteiger partial charge in [-0.25, -0.2) is 0 Å². The second kappa shape index (κ2) is 5.49. The third-order valence-electron chi connectivity index (χ3n) is 3.49. The molecule has 0 bridgehead atoms. The number of rotatable bonds is 2. The van der Waals surface area contributed by atoms with E-state index in [1.54, 1.807) is 0 Å². The Morgan fingerprint density at radius 1 is 1.21 bits per heavy atom. The molecule has 100 valence electrons. The van der Waals surface area contributed by atoms with Gasteiger partial charge in [0.25, 0.3) is 0 Å². The molecule has 0 spiro atoms. The predicted molar refractivity (Wildman–Crippen MR) is 79.8 cm³/mol. The van der Waals surface area contributed by atoms with Crippen molar-refractivity contribution in [3.8, 4) is 11.3 Å². The third kappa shape index (κ3) is 2.76. The fraction of sp³-hybridized carbons (Fsp3) is 0.333. The van der Waals surface area contributed by atoms with Crippen LogP contribution in [0.4, 0.5) is 0 Å². The first kappa shape index (κ1) is 12.9. The minimum atomic E-state index is 0.193. The summed E-state index contributed by atoms with van der Waals surface area (Å²) in [5.41, 5.74) is 1.10. The van der Waals surface area contributed by atoms with Gasteiger partial charge in [0, 0.05) is 16.6 Å². The summed E-state index contributed by atoms with van der Waals surface area (Å²) in [6.07, 6.45) is 1.38. The lowest BCUT2D eigenvalue weighted by Gasteiger charge is -2.31. The molecule has 1 aromatic heterocycles. The third-order valence-corrected chi connectivity index (χ3v) is 4.02. The molecule has 0 unspecified atom stereocenters. The molecule has 0 radical (unpaired) electrons. The lowest BCUT2D eigenvalue weighted by molar-refractivity contribution is 0.145. The summed E-state index contributed by atoms with van der Waals surface area (Å²) >= 11 is 3.45. The SMILES string of the molecule is CN1CCCN[C@H]1c1ccc(-c2ccc(Br)cc2)o1. The summed E-state index contributed by atoms with van der Waals surface area (Å²) in [7, 11) is 2.12. The zero-order valence-electron chi connectivity index (χ0n) is 10.9. The van der Waals surface area contributed by atoms with Crippen molar-refractivity contribution in [2.45, 2.75) is 12.6 Å². The molecule has 2 heterocycles. The molecular weight excluding hydrogens is 304 g/mol. The van der Waals surface area contributed by atoms with Crippen LogP contribution >= 0.6 is 15.9 Å². The van der Waals surface area contributed by atoms with Crippen LogP contribution < -0.4 is 5.32 Å². The molecular formula is C15H17BrN2O. The summed E-state index contributed by atoms with van der Waals surface area (Å²) in [4.78, 5) is 2.29. The number of hydrogen-bond acceptors (Lipinski definition) is 3. The fourth-order valence-corrected chi connectivity index (χ4v) is 2.70. The van der Waals surface area contributed by atoms with Crippen molar-refractivity contribution in [2.75, 3.05) is 20.1 Å². The highest BCUT2D eigenvalue weighted by atomic mass is 79.9. The molecule has 0 aliphatic carbocycles. The Morgan fingerprint density at radius 2 is 2.00 bits per heavy atom. The monoisotopic (exact) mass is 320 g/mol. The minimum Gasteiger partial charge on any atom is -0.458 e. The van der Waals surface area contributed by atoms with E-state index in [0.717, 1.165) is 34.6 Å². The predicted octanol–water partition coefficient (Wildman–Crippen LogP) is 3.63. The molecule has 1 saturated heterocycles. The van der Waals surface area contributed by atoms with Crippen molar-refractivity contribution in [2.24, 2.45) is 0 Å². The van der Waals surface area contributed by atoms with E-state index in [4.69, 9.17) is 4.42 Å². The number of nitrogens with zero attached hydrogens (tertiary/aromatic N) is 1. The molecule has 1 aromatic carbocycles. The smallest absolute Gasteiger partial charge is 0.136 e. The molecule has 1 aliphatic heterocycles. The van der Waals surface area contributed by atoms with E-state index in [-0.39, 0.29) is 6.17 Å². The van der Waals surface area contributed by atoms with E-state index in [2.05, 4.69) is 51.4 Å². The van der Waals surface area contributed by atoms with Gasteiger partial charge in [0.05, 0.1) is 0 Å². The normalized spacial score (nSPS) is 20.6. The van der Waals surface area contributed by atoms with Crippen LogP contribution in [-0.2, 0) is 0 Å². The lowest BCUT2D eigenvalue weighted by Crippen LogP contribution is -2.42. The molecule has 4 heteroatoms. The molecule has 1 aliphatic rings. The van der Waals surface area contributed by atoms with Crippen LogP contribution in [0, 0.1) is 0 Å². The van der Waals surface area contributed by atoms with Crippen LogP contribution in [0.25, 0.3) is 11.3 Å². The topological polar surface area (TPSA) is 28.4 Å². The van der Waals surface area contributed by atoms with E-state index >= 15 is 0 Å². The van der Waals surface area contributed by atoms with Crippen molar-refractivity contribution in [1.82, 2.24) is 10.2 Å². The number of halogens is 1. The Morgan fingerprint density at radius 3 is 2.74 bits per heavy atom. The van der Waals surface area contributed by atoms with Crippen LogP contribution in [0.3, 0.4) is 0 Å². The van der Waals surface area contributed by atoms with Gasteiger partial charge in [0.1, 0.15) is 17.7 Å². The van der Waals surface area contributed by atoms with Gasteiger partial charge in [-0.1, -0.05) is 28.1 Å². The van der Waals surface area contributed by atoms with Gasteiger partial charge in [-0.15, -0.1) is 0 Å². The Bertz CT molecular complexity index is 550. The Hall–Kier alpha value is -1.10. The second-order valence-electron chi connectivity index (χ2n) is 4.90. The Labute approximate surface area is 121 Å². The molecule has 1 atom stereocenters. The zero-order valence-corrected chi connectivity index (χ0v) is 12.5. The molecule has 0 amide bonds. The summed E-state index contributed by atoms with van der Waals surface area (Å²) in [6, 6.07) is 12.3. The highest BCUT2D eigenvalue weighted by molar-refractivity contribution is 9.10. The summed E-state index contributed by atoms with van der Waals surface area (Å²) in [5.74, 6) is 1.91. The molecule has 3 nitrogen and oxygen atoms in total. The van der Waals surface area contributed by atoms with Crippen molar-refractivity contribution >= 4 is 15.9 Å². The average molecular weight is 321 g/mol. The maximum atomic E-state index is 6.00. The largest absolute Gasteiger partial charge is 0.458 e. The quantitative estimate of drug-likeness (QED) is 0.915. The van der Waals surface area contributed by atoms with Crippen LogP contribution in [0.15, 0.2) is 45.3 Å². The fourth-order valence-electron chi connectivity index (χ4n) is 2.44. The van der Waals surface area contributed by atoms with Crippen LogP contribution in [0.1, 0.15) is 18.3 Å². The standard InChI is InChI=1S/C15H17BrN2O/c1-18-10-2-9-17-15(18)14-8-7-13(19-14)11-3-5-12(16)6-4-11/h3-8,15,17H,2,9-10H2,1H3/t15-/m1/s1. The molecule has 3 rings (SSSR count). The summed E-state index contributed by atoms with van der Waals surface area (Å²) in [6.45, 7) is 2.15. The van der Waals surface area contributed by atoms with E-state index in [1.807, 2.05) is 18.2 Å². The minimum absolute atomic E-state index is 0.193. The highest BCUT2D eigenvalue weighted by Gasteiger charge is 2.23. The van der Waals surface area contributed by atoms with Crippen molar-refractivity contribution in [3.05, 3.63) is 46.6 Å². The average Bonchev–Trinajstić information content (AvgIpc) is 2.89. The zero-order chi connectivity index (χ0) is 13.2. The van der Waals surface area contributed by atoms with Gasteiger partial charge in [0.2, 0.25) is 0 Å². The maximum absolute atomic E-state index is 6.00. The highest BCUT2D eigenvalue weighted by Crippen LogP contribution is 2.28. The van der Waals surface area contributed by atoms with Crippen molar-refractivity contribution in [3.63, 3.8) is 0 Å². The van der Waals surface area contributed by atoms with Crippen LogP contribution in [0.2, 0.25) is 0 Å². The van der Waals surface area contributed by atoms with Crippen LogP contribution in [0.5, 0.6) is 0 Å². The van der Waals surface area contributed by atoms with E-state index in [1.165, 1.54) is 6.42 Å². The van der Waals surface area contributed by atoms with Gasteiger partial charge in [-0.3, -0.25) is 10.2 Å². The first-order valence-corrected chi connectivity index (χ1v) is 7.32. The molecule has 1 N–H and O–H groups in total.